The van der Waals surface area contributed by atoms with Gasteiger partial charge in [0.1, 0.15) is 0 Å². The molecule has 0 atom stereocenters. The van der Waals surface area contributed by atoms with Gasteiger partial charge in [0.2, 0.25) is 0 Å². The molecule has 0 unspecified atom stereocenters. The second-order valence-corrected chi connectivity index (χ2v) is 3.88. The van der Waals surface area contributed by atoms with Crippen LogP contribution >= 0.6 is 11.3 Å². The van der Waals surface area contributed by atoms with Gasteiger partial charge >= 0.3 is 0 Å². The Labute approximate surface area is 76.6 Å². The number of ketones is 1. The van der Waals surface area contributed by atoms with Crippen molar-refractivity contribution in [2.45, 2.75) is 19.9 Å². The molecule has 0 fully saturated rings. The maximum absolute atomic E-state index is 11.4. The molecule has 1 aromatic rings. The van der Waals surface area contributed by atoms with E-state index in [0.29, 0.717) is 12.6 Å². The summed E-state index contributed by atoms with van der Waals surface area (Å²) in [5.41, 5.74) is 0. The standard InChI is InChI=1S/C9H13NOS/c1-7(2)10-6-8(11)9-4-3-5-12-9/h3-5,7,10H,6H2,1-2H3. The lowest BCUT2D eigenvalue weighted by atomic mass is 10.3. The topological polar surface area (TPSA) is 29.1 Å². The van der Waals surface area contributed by atoms with Crippen LogP contribution in [0.5, 0.6) is 0 Å². The van der Waals surface area contributed by atoms with Gasteiger partial charge in [-0.05, 0) is 11.4 Å². The molecule has 1 rings (SSSR count). The van der Waals surface area contributed by atoms with Crippen molar-refractivity contribution in [3.05, 3.63) is 22.4 Å². The molecule has 1 heterocycles. The molecule has 2 nitrogen and oxygen atoms in total. The number of carbonyl (C=O) groups is 1. The summed E-state index contributed by atoms with van der Waals surface area (Å²) in [5, 5.41) is 5.01. The SMILES string of the molecule is CC(C)NCC(=O)c1cccs1. The van der Waals surface area contributed by atoms with Gasteiger partial charge in [0.05, 0.1) is 11.4 Å². The van der Waals surface area contributed by atoms with Crippen molar-refractivity contribution in [3.63, 3.8) is 0 Å². The number of nitrogens with one attached hydrogen (secondary N) is 1. The van der Waals surface area contributed by atoms with Crippen molar-refractivity contribution in [2.24, 2.45) is 0 Å². The van der Waals surface area contributed by atoms with Crippen LogP contribution < -0.4 is 5.32 Å². The van der Waals surface area contributed by atoms with Gasteiger partial charge in [-0.15, -0.1) is 11.3 Å². The van der Waals surface area contributed by atoms with E-state index in [0.717, 1.165) is 4.88 Å². The third-order valence-corrected chi connectivity index (χ3v) is 2.38. The van der Waals surface area contributed by atoms with E-state index in [1.807, 2.05) is 31.4 Å². The highest BCUT2D eigenvalue weighted by atomic mass is 32.1. The van der Waals surface area contributed by atoms with Crippen LogP contribution in [0.4, 0.5) is 0 Å². The minimum Gasteiger partial charge on any atom is -0.307 e. The Morgan fingerprint density at radius 2 is 2.42 bits per heavy atom. The maximum Gasteiger partial charge on any atom is 0.186 e. The molecule has 0 amide bonds. The summed E-state index contributed by atoms with van der Waals surface area (Å²) >= 11 is 1.49. The van der Waals surface area contributed by atoms with Crippen LogP contribution in [0, 0.1) is 0 Å². The average molecular weight is 183 g/mol. The van der Waals surface area contributed by atoms with Crippen molar-refractivity contribution in [1.82, 2.24) is 5.32 Å². The van der Waals surface area contributed by atoms with Crippen LogP contribution in [-0.4, -0.2) is 18.4 Å². The van der Waals surface area contributed by atoms with Gasteiger partial charge < -0.3 is 5.32 Å². The van der Waals surface area contributed by atoms with Crippen LogP contribution in [0.25, 0.3) is 0 Å². The van der Waals surface area contributed by atoms with E-state index in [9.17, 15) is 4.79 Å². The first-order valence-corrected chi connectivity index (χ1v) is 4.88. The highest BCUT2D eigenvalue weighted by molar-refractivity contribution is 7.12. The summed E-state index contributed by atoms with van der Waals surface area (Å²) in [6.45, 7) is 4.50. The van der Waals surface area contributed by atoms with Crippen LogP contribution in [-0.2, 0) is 0 Å². The lowest BCUT2D eigenvalue weighted by Gasteiger charge is -2.05. The Morgan fingerprint density at radius 3 is 2.92 bits per heavy atom. The van der Waals surface area contributed by atoms with Crippen molar-refractivity contribution in [1.29, 1.82) is 0 Å². The smallest absolute Gasteiger partial charge is 0.186 e. The molecule has 0 aromatic carbocycles. The Bertz CT molecular complexity index is 241. The van der Waals surface area contributed by atoms with Crippen molar-refractivity contribution < 1.29 is 4.79 Å². The fraction of sp³-hybridized carbons (Fsp3) is 0.444. The van der Waals surface area contributed by atoms with Gasteiger partial charge in [0, 0.05) is 6.04 Å². The number of carbonyl (C=O) groups excluding carboxylic acids is 1. The molecule has 0 aliphatic rings. The molecule has 1 aromatic heterocycles. The number of hydrogen-bond donors (Lipinski definition) is 1. The highest BCUT2D eigenvalue weighted by Crippen LogP contribution is 2.08. The predicted molar refractivity (Wildman–Crippen MR) is 51.8 cm³/mol. The van der Waals surface area contributed by atoms with Crippen molar-refractivity contribution in [2.75, 3.05) is 6.54 Å². The first-order chi connectivity index (χ1) is 5.70. The summed E-state index contributed by atoms with van der Waals surface area (Å²) in [7, 11) is 0. The van der Waals surface area contributed by atoms with E-state index in [4.69, 9.17) is 0 Å². The van der Waals surface area contributed by atoms with Gasteiger partial charge in [0.15, 0.2) is 5.78 Å². The summed E-state index contributed by atoms with van der Waals surface area (Å²) < 4.78 is 0. The normalized spacial score (nSPS) is 10.6. The molecular weight excluding hydrogens is 170 g/mol. The Hall–Kier alpha value is -0.670. The predicted octanol–water partition coefficient (Wildman–Crippen LogP) is 1.93. The Kier molecular flexibility index (Phi) is 3.44. The largest absolute Gasteiger partial charge is 0.307 e. The van der Waals surface area contributed by atoms with Crippen LogP contribution in [0.1, 0.15) is 23.5 Å². The molecule has 12 heavy (non-hydrogen) atoms. The summed E-state index contributed by atoms with van der Waals surface area (Å²) in [4.78, 5) is 12.2. The number of thiophene rings is 1. The van der Waals surface area contributed by atoms with Crippen LogP contribution in [0.3, 0.4) is 0 Å². The van der Waals surface area contributed by atoms with Crippen LogP contribution in [0.2, 0.25) is 0 Å². The molecule has 0 aliphatic carbocycles. The molecule has 66 valence electrons. The Balaban J connectivity index is 2.40. The van der Waals surface area contributed by atoms with E-state index >= 15 is 0 Å². The molecule has 3 heteroatoms. The summed E-state index contributed by atoms with van der Waals surface area (Å²) in [6.07, 6.45) is 0. The number of Topliss-reactive ketones (excluding diaryl/α,β-unsaturated/α-hetero) is 1. The molecule has 1 N–H and O–H groups in total. The third-order valence-electron chi connectivity index (χ3n) is 1.47. The van der Waals surface area contributed by atoms with Gasteiger partial charge in [-0.2, -0.15) is 0 Å². The van der Waals surface area contributed by atoms with E-state index < -0.39 is 0 Å². The average Bonchev–Trinajstić information content (AvgIpc) is 2.51. The third kappa shape index (κ3) is 2.75. The molecule has 0 bridgehead atoms. The Morgan fingerprint density at radius 1 is 1.67 bits per heavy atom. The van der Waals surface area contributed by atoms with Gasteiger partial charge in [-0.3, -0.25) is 4.79 Å². The maximum atomic E-state index is 11.4. The van der Waals surface area contributed by atoms with Crippen molar-refractivity contribution >= 4 is 17.1 Å². The minimum absolute atomic E-state index is 0.179. The van der Waals surface area contributed by atoms with Crippen LogP contribution in [0.15, 0.2) is 17.5 Å². The first kappa shape index (κ1) is 9.42. The zero-order valence-electron chi connectivity index (χ0n) is 7.33. The quantitative estimate of drug-likeness (QED) is 0.723. The van der Waals surface area contributed by atoms with Gasteiger partial charge in [-0.1, -0.05) is 19.9 Å². The zero-order valence-corrected chi connectivity index (χ0v) is 8.15. The molecule has 0 aliphatic heterocycles. The highest BCUT2D eigenvalue weighted by Gasteiger charge is 2.05. The van der Waals surface area contributed by atoms with E-state index in [-0.39, 0.29) is 5.78 Å². The summed E-state index contributed by atoms with van der Waals surface area (Å²) in [5.74, 6) is 0.179. The monoisotopic (exact) mass is 183 g/mol. The summed E-state index contributed by atoms with van der Waals surface area (Å²) in [6, 6.07) is 4.12. The lowest BCUT2D eigenvalue weighted by Crippen LogP contribution is -2.28. The molecule has 0 saturated heterocycles. The second-order valence-electron chi connectivity index (χ2n) is 2.94. The first-order valence-electron chi connectivity index (χ1n) is 4.00. The fourth-order valence-corrected chi connectivity index (χ4v) is 1.49. The van der Waals surface area contributed by atoms with E-state index in [1.54, 1.807) is 0 Å². The van der Waals surface area contributed by atoms with Gasteiger partial charge in [-0.25, -0.2) is 0 Å². The second kappa shape index (κ2) is 4.38. The molecular formula is C9H13NOS. The molecule has 0 radical (unpaired) electrons. The molecule has 0 spiro atoms. The lowest BCUT2D eigenvalue weighted by molar-refractivity contribution is 0.0992. The number of hydrogen-bond acceptors (Lipinski definition) is 3. The molecule has 0 saturated carbocycles. The van der Waals surface area contributed by atoms with Gasteiger partial charge in [0.25, 0.3) is 0 Å². The number of rotatable bonds is 4. The van der Waals surface area contributed by atoms with Crippen molar-refractivity contribution in [3.8, 4) is 0 Å². The minimum atomic E-state index is 0.179. The zero-order chi connectivity index (χ0) is 8.97. The fourth-order valence-electron chi connectivity index (χ4n) is 0.821. The van der Waals surface area contributed by atoms with E-state index in [1.165, 1.54) is 11.3 Å². The van der Waals surface area contributed by atoms with E-state index in [2.05, 4.69) is 5.32 Å².